The van der Waals surface area contributed by atoms with Gasteiger partial charge in [0.15, 0.2) is 5.69 Å². The van der Waals surface area contributed by atoms with Crippen molar-refractivity contribution in [1.82, 2.24) is 20.2 Å². The molecule has 244 valence electrons. The summed E-state index contributed by atoms with van der Waals surface area (Å²) >= 11 is 0. The maximum absolute atomic E-state index is 13.7. The Labute approximate surface area is 274 Å². The molecule has 1 heterocycles. The number of aromatic amines is 1. The average molecular weight is 635 g/mol. The summed E-state index contributed by atoms with van der Waals surface area (Å²) in [5, 5.41) is 6.02. The van der Waals surface area contributed by atoms with Crippen LogP contribution in [0, 0.1) is 0 Å². The molecule has 0 saturated heterocycles. The third-order valence-electron chi connectivity index (χ3n) is 9.59. The van der Waals surface area contributed by atoms with Crippen molar-refractivity contribution in [2.75, 3.05) is 0 Å². The molecule has 0 unspecified atom stereocenters. The van der Waals surface area contributed by atoms with E-state index in [2.05, 4.69) is 39.9 Å². The van der Waals surface area contributed by atoms with E-state index in [-0.39, 0.29) is 30.1 Å². The Balaban J connectivity index is 1.14. The topological polar surface area (TPSA) is 122 Å². The molecule has 3 N–H and O–H groups in total. The fourth-order valence-electron chi connectivity index (χ4n) is 6.99. The normalized spacial score (nSPS) is 21.0. The molecule has 47 heavy (non-hydrogen) atoms. The van der Waals surface area contributed by atoms with Crippen molar-refractivity contribution in [3.8, 4) is 5.75 Å². The number of ether oxygens (including phenoxy) is 1. The van der Waals surface area contributed by atoms with Crippen LogP contribution in [0.15, 0.2) is 101 Å². The highest BCUT2D eigenvalue weighted by atomic mass is 16.5. The van der Waals surface area contributed by atoms with Gasteiger partial charge in [-0.25, -0.2) is 9.36 Å². The predicted octanol–water partition coefficient (Wildman–Crippen LogP) is 5.41. The second-order valence-corrected chi connectivity index (χ2v) is 12.8. The van der Waals surface area contributed by atoms with Crippen LogP contribution in [0.5, 0.6) is 5.75 Å². The number of nitrogens with one attached hydrogen (secondary N) is 3. The molecule has 9 heteroatoms. The van der Waals surface area contributed by atoms with Crippen molar-refractivity contribution >= 4 is 11.8 Å². The van der Waals surface area contributed by atoms with E-state index in [0.29, 0.717) is 11.8 Å². The second kappa shape index (κ2) is 15.1. The summed E-state index contributed by atoms with van der Waals surface area (Å²) in [6.07, 6.45) is 6.93. The van der Waals surface area contributed by atoms with E-state index >= 15 is 0 Å². The lowest BCUT2D eigenvalue weighted by Gasteiger charge is -2.29. The highest BCUT2D eigenvalue weighted by molar-refractivity contribution is 5.95. The Bertz CT molecular complexity index is 1760. The first-order valence-electron chi connectivity index (χ1n) is 16.7. The van der Waals surface area contributed by atoms with Gasteiger partial charge in [-0.15, -0.1) is 0 Å². The van der Waals surface area contributed by atoms with Crippen LogP contribution in [-0.4, -0.2) is 33.4 Å². The number of hydrogen-bond acceptors (Lipinski definition) is 5. The Morgan fingerprint density at radius 3 is 1.70 bits per heavy atom. The van der Waals surface area contributed by atoms with E-state index in [1.807, 2.05) is 66.7 Å². The quantitative estimate of drug-likeness (QED) is 0.215. The molecule has 9 nitrogen and oxygen atoms in total. The number of H-pyrrole nitrogens is 1. The molecule has 1 aromatic heterocycles. The largest absolute Gasteiger partial charge is 0.481 e. The van der Waals surface area contributed by atoms with Gasteiger partial charge in [0.25, 0.3) is 11.5 Å². The van der Waals surface area contributed by atoms with Gasteiger partial charge < -0.3 is 15.4 Å². The van der Waals surface area contributed by atoms with E-state index in [0.717, 1.165) is 61.5 Å². The van der Waals surface area contributed by atoms with Gasteiger partial charge in [-0.1, -0.05) is 91.0 Å². The summed E-state index contributed by atoms with van der Waals surface area (Å²) in [5.74, 6) is -0.390. The van der Waals surface area contributed by atoms with Gasteiger partial charge in [-0.3, -0.25) is 19.4 Å². The zero-order chi connectivity index (χ0) is 32.6. The highest BCUT2D eigenvalue weighted by Crippen LogP contribution is 2.34. The van der Waals surface area contributed by atoms with Crippen LogP contribution in [-0.2, 0) is 17.9 Å². The number of rotatable bonds is 10. The predicted molar refractivity (Wildman–Crippen MR) is 181 cm³/mol. The maximum Gasteiger partial charge on any atom is 0.329 e. The van der Waals surface area contributed by atoms with Gasteiger partial charge in [0.2, 0.25) is 11.7 Å². The number of carbonyl (C=O) groups excluding carboxylic acids is 2. The van der Waals surface area contributed by atoms with Crippen molar-refractivity contribution < 1.29 is 14.3 Å². The molecule has 4 aromatic rings. The minimum atomic E-state index is -0.831. The number of nitrogens with zero attached hydrogens (tertiary/aromatic N) is 1. The minimum Gasteiger partial charge on any atom is -0.481 e. The van der Waals surface area contributed by atoms with E-state index < -0.39 is 29.6 Å². The standard InChI is InChI=1S/C38H42N4O5/c43-33(39-31-20-16-29(17-21-31)27-12-6-2-7-13-27)24-42-37(45)35(47-25-26-10-4-1-5-11-26)34(41-38(42)46)36(44)40-32-22-18-30(19-23-32)28-14-8-3-9-15-28/h1-15,29-32H,16-25H2,(H,39,43)(H,40,44)(H,41,46). The maximum atomic E-state index is 13.7. The number of benzene rings is 3. The summed E-state index contributed by atoms with van der Waals surface area (Å²) < 4.78 is 6.74. The summed E-state index contributed by atoms with van der Waals surface area (Å²) in [4.78, 5) is 56.1. The fraction of sp³-hybridized carbons (Fsp3) is 0.368. The number of amides is 2. The molecule has 0 atom stereocenters. The molecule has 6 rings (SSSR count). The molecule has 2 amide bonds. The van der Waals surface area contributed by atoms with E-state index in [1.165, 1.54) is 11.1 Å². The zero-order valence-electron chi connectivity index (χ0n) is 26.5. The summed E-state index contributed by atoms with van der Waals surface area (Å²) in [7, 11) is 0. The van der Waals surface area contributed by atoms with Crippen LogP contribution in [0.25, 0.3) is 0 Å². The highest BCUT2D eigenvalue weighted by Gasteiger charge is 2.28. The molecule has 2 aliphatic rings. The Morgan fingerprint density at radius 2 is 1.17 bits per heavy atom. The molecule has 0 aliphatic heterocycles. The van der Waals surface area contributed by atoms with Gasteiger partial charge in [0.1, 0.15) is 13.2 Å². The van der Waals surface area contributed by atoms with Crippen LogP contribution < -0.4 is 26.6 Å². The lowest BCUT2D eigenvalue weighted by Crippen LogP contribution is -2.46. The van der Waals surface area contributed by atoms with Crippen LogP contribution in [0.1, 0.15) is 90.4 Å². The van der Waals surface area contributed by atoms with Crippen LogP contribution >= 0.6 is 0 Å². The first kappa shape index (κ1) is 32.0. The van der Waals surface area contributed by atoms with Crippen LogP contribution in [0.4, 0.5) is 0 Å². The van der Waals surface area contributed by atoms with Gasteiger partial charge in [0, 0.05) is 12.1 Å². The SMILES string of the molecule is O=C(Cn1c(=O)[nH]c(C(=O)NC2CCC(c3ccccc3)CC2)c(OCc2ccccc2)c1=O)NC1CCC(c2ccccc2)CC1. The molecular formula is C38H42N4O5. The summed E-state index contributed by atoms with van der Waals surface area (Å²) in [5.41, 5.74) is 1.53. The Morgan fingerprint density at radius 1 is 0.681 bits per heavy atom. The fourth-order valence-corrected chi connectivity index (χ4v) is 6.99. The van der Waals surface area contributed by atoms with Crippen LogP contribution in [0.3, 0.4) is 0 Å². The number of aromatic nitrogens is 2. The molecule has 0 bridgehead atoms. The van der Waals surface area contributed by atoms with Gasteiger partial charge >= 0.3 is 5.69 Å². The zero-order valence-corrected chi connectivity index (χ0v) is 26.5. The molecule has 2 saturated carbocycles. The van der Waals surface area contributed by atoms with E-state index in [4.69, 9.17) is 4.74 Å². The Kier molecular flexibility index (Phi) is 10.3. The third-order valence-corrected chi connectivity index (χ3v) is 9.59. The van der Waals surface area contributed by atoms with Crippen LogP contribution in [0.2, 0.25) is 0 Å². The number of hydrogen-bond donors (Lipinski definition) is 3. The van der Waals surface area contributed by atoms with Crippen molar-refractivity contribution in [2.24, 2.45) is 0 Å². The first-order chi connectivity index (χ1) is 22.9. The second-order valence-electron chi connectivity index (χ2n) is 12.8. The van der Waals surface area contributed by atoms with Gasteiger partial charge in [-0.05, 0) is 79.9 Å². The third kappa shape index (κ3) is 8.09. The van der Waals surface area contributed by atoms with Gasteiger partial charge in [0.05, 0.1) is 0 Å². The monoisotopic (exact) mass is 634 g/mol. The van der Waals surface area contributed by atoms with Gasteiger partial charge in [-0.2, -0.15) is 0 Å². The Hall–Kier alpha value is -4.92. The molecule has 2 fully saturated rings. The van der Waals surface area contributed by atoms with Crippen molar-refractivity contribution in [1.29, 1.82) is 0 Å². The van der Waals surface area contributed by atoms with Crippen molar-refractivity contribution in [3.05, 3.63) is 134 Å². The summed E-state index contributed by atoms with van der Waals surface area (Å²) in [6.45, 7) is -0.457. The molecule has 0 spiro atoms. The van der Waals surface area contributed by atoms with Crippen molar-refractivity contribution in [2.45, 2.75) is 88.4 Å². The van der Waals surface area contributed by atoms with Crippen molar-refractivity contribution in [3.63, 3.8) is 0 Å². The average Bonchev–Trinajstić information content (AvgIpc) is 3.11. The summed E-state index contributed by atoms with van der Waals surface area (Å²) in [6, 6.07) is 29.9. The lowest BCUT2D eigenvalue weighted by atomic mass is 9.82. The number of carbonyl (C=O) groups is 2. The molecule has 2 aliphatic carbocycles. The molecular weight excluding hydrogens is 592 g/mol. The smallest absolute Gasteiger partial charge is 0.329 e. The lowest BCUT2D eigenvalue weighted by molar-refractivity contribution is -0.122. The molecule has 3 aromatic carbocycles. The van der Waals surface area contributed by atoms with E-state index in [9.17, 15) is 19.2 Å². The molecule has 0 radical (unpaired) electrons. The van der Waals surface area contributed by atoms with E-state index in [1.54, 1.807) is 0 Å². The first-order valence-corrected chi connectivity index (χ1v) is 16.7. The minimum absolute atomic E-state index is 0.0153.